The summed E-state index contributed by atoms with van der Waals surface area (Å²) < 4.78 is 22.8. The summed E-state index contributed by atoms with van der Waals surface area (Å²) in [6.07, 6.45) is 0. The van der Waals surface area contributed by atoms with Crippen molar-refractivity contribution in [3.05, 3.63) is 0 Å². The zero-order valence-electron chi connectivity index (χ0n) is 8.21. The third-order valence-corrected chi connectivity index (χ3v) is 5.77. The highest BCUT2D eigenvalue weighted by Crippen LogP contribution is 2.55. The standard InChI is InChI=1S/C9H11NO4S/c1-10-8(11)6-4-2-15(13,14)3-5(4)7(6)9(10)12/h4-7H,2-3H2,1H3. The minimum atomic E-state index is -3.01. The Labute approximate surface area is 87.3 Å². The molecule has 2 saturated heterocycles. The molecule has 3 fully saturated rings. The number of carbonyl (C=O) groups is 2. The summed E-state index contributed by atoms with van der Waals surface area (Å²) in [6.45, 7) is 0. The Bertz CT molecular complexity index is 433. The van der Waals surface area contributed by atoms with Gasteiger partial charge in [0, 0.05) is 7.05 Å². The van der Waals surface area contributed by atoms with E-state index in [1.807, 2.05) is 0 Å². The van der Waals surface area contributed by atoms with Crippen molar-refractivity contribution in [2.75, 3.05) is 18.6 Å². The fourth-order valence-corrected chi connectivity index (χ4v) is 5.48. The van der Waals surface area contributed by atoms with E-state index in [1.165, 1.54) is 7.05 Å². The van der Waals surface area contributed by atoms with Crippen molar-refractivity contribution in [3.63, 3.8) is 0 Å². The van der Waals surface area contributed by atoms with E-state index in [-0.39, 0.29) is 47.0 Å². The van der Waals surface area contributed by atoms with Gasteiger partial charge in [-0.25, -0.2) is 8.42 Å². The van der Waals surface area contributed by atoms with Crippen molar-refractivity contribution in [2.24, 2.45) is 23.7 Å². The average molecular weight is 229 g/mol. The molecule has 0 aromatic carbocycles. The molecular formula is C9H11NO4S. The molecule has 2 aliphatic heterocycles. The van der Waals surface area contributed by atoms with Crippen molar-refractivity contribution in [1.29, 1.82) is 0 Å². The number of sulfone groups is 1. The number of nitrogens with zero attached hydrogens (tertiary/aromatic N) is 1. The largest absolute Gasteiger partial charge is 0.285 e. The lowest BCUT2D eigenvalue weighted by molar-refractivity contribution is -0.137. The van der Waals surface area contributed by atoms with Gasteiger partial charge in [0.25, 0.3) is 0 Å². The molecule has 4 unspecified atom stereocenters. The molecule has 0 aromatic heterocycles. The van der Waals surface area contributed by atoms with E-state index in [2.05, 4.69) is 0 Å². The minimum Gasteiger partial charge on any atom is -0.285 e. The smallest absolute Gasteiger partial charge is 0.233 e. The first-order valence-electron chi connectivity index (χ1n) is 4.94. The molecule has 4 atom stereocenters. The van der Waals surface area contributed by atoms with Crippen LogP contribution in [0.1, 0.15) is 0 Å². The highest BCUT2D eigenvalue weighted by molar-refractivity contribution is 7.91. The number of fused-ring (bicyclic) bond motifs is 4. The second-order valence-electron chi connectivity index (χ2n) is 4.69. The second kappa shape index (κ2) is 2.42. The maximum Gasteiger partial charge on any atom is 0.233 e. The summed E-state index contributed by atoms with van der Waals surface area (Å²) in [5.41, 5.74) is 0. The van der Waals surface area contributed by atoms with Gasteiger partial charge in [0.1, 0.15) is 0 Å². The van der Waals surface area contributed by atoms with Gasteiger partial charge in [-0.3, -0.25) is 14.5 Å². The lowest BCUT2D eigenvalue weighted by atomic mass is 9.59. The molecule has 2 amide bonds. The normalized spacial score (nSPS) is 46.3. The first kappa shape index (κ1) is 9.33. The fraction of sp³-hybridized carbons (Fsp3) is 0.778. The Morgan fingerprint density at radius 2 is 1.47 bits per heavy atom. The van der Waals surface area contributed by atoms with Crippen molar-refractivity contribution >= 4 is 21.7 Å². The Morgan fingerprint density at radius 3 is 1.87 bits per heavy atom. The molecule has 82 valence electrons. The number of rotatable bonds is 0. The van der Waals surface area contributed by atoms with Crippen LogP contribution in [0.15, 0.2) is 0 Å². The summed E-state index contributed by atoms with van der Waals surface area (Å²) in [7, 11) is -1.53. The molecule has 3 aliphatic rings. The van der Waals surface area contributed by atoms with E-state index in [0.717, 1.165) is 4.90 Å². The van der Waals surface area contributed by atoms with E-state index in [9.17, 15) is 18.0 Å². The van der Waals surface area contributed by atoms with Gasteiger partial charge in [-0.1, -0.05) is 0 Å². The molecule has 2 heterocycles. The highest BCUT2D eigenvalue weighted by Gasteiger charge is 2.67. The van der Waals surface area contributed by atoms with Crippen LogP contribution in [-0.2, 0) is 19.4 Å². The molecule has 5 nitrogen and oxygen atoms in total. The number of likely N-dealkylation sites (tertiary alicyclic amines) is 1. The van der Waals surface area contributed by atoms with E-state index < -0.39 is 9.84 Å². The Morgan fingerprint density at radius 1 is 1.07 bits per heavy atom. The van der Waals surface area contributed by atoms with Crippen molar-refractivity contribution < 1.29 is 18.0 Å². The average Bonchev–Trinajstić information content (AvgIpc) is 2.49. The summed E-state index contributed by atoms with van der Waals surface area (Å²) in [5.74, 6) is -1.08. The molecule has 0 aromatic rings. The lowest BCUT2D eigenvalue weighted by Gasteiger charge is -2.39. The first-order chi connectivity index (χ1) is 6.92. The number of carbonyl (C=O) groups excluding carboxylic acids is 2. The van der Waals surface area contributed by atoms with E-state index in [4.69, 9.17) is 0 Å². The number of hydrogen-bond donors (Lipinski definition) is 0. The summed E-state index contributed by atoms with van der Waals surface area (Å²) in [4.78, 5) is 24.4. The highest BCUT2D eigenvalue weighted by atomic mass is 32.2. The number of amides is 2. The summed E-state index contributed by atoms with van der Waals surface area (Å²) in [6, 6.07) is 0. The monoisotopic (exact) mass is 229 g/mol. The number of hydrogen-bond acceptors (Lipinski definition) is 4. The van der Waals surface area contributed by atoms with E-state index in [0.29, 0.717) is 0 Å². The van der Waals surface area contributed by atoms with Gasteiger partial charge in [-0.2, -0.15) is 0 Å². The van der Waals surface area contributed by atoms with Gasteiger partial charge in [0.05, 0.1) is 23.3 Å². The van der Waals surface area contributed by atoms with Gasteiger partial charge in [-0.15, -0.1) is 0 Å². The van der Waals surface area contributed by atoms with Crippen LogP contribution in [0.5, 0.6) is 0 Å². The van der Waals surface area contributed by atoms with Crippen molar-refractivity contribution in [3.8, 4) is 0 Å². The molecule has 6 heteroatoms. The summed E-state index contributed by atoms with van der Waals surface area (Å²) in [5, 5.41) is 0. The Balaban J connectivity index is 1.98. The topological polar surface area (TPSA) is 71.5 Å². The van der Waals surface area contributed by atoms with Crippen LogP contribution in [0.25, 0.3) is 0 Å². The molecule has 0 spiro atoms. The molecule has 15 heavy (non-hydrogen) atoms. The minimum absolute atomic E-state index is 0.0890. The van der Waals surface area contributed by atoms with Gasteiger partial charge < -0.3 is 0 Å². The molecule has 0 bridgehead atoms. The predicted octanol–water partition coefficient (Wildman–Crippen LogP) is -1.11. The number of imide groups is 1. The molecule has 0 N–H and O–H groups in total. The van der Waals surface area contributed by atoms with Gasteiger partial charge >= 0.3 is 0 Å². The first-order valence-corrected chi connectivity index (χ1v) is 6.76. The summed E-state index contributed by atoms with van der Waals surface area (Å²) >= 11 is 0. The van der Waals surface area contributed by atoms with Gasteiger partial charge in [0.15, 0.2) is 9.84 Å². The molecule has 3 rings (SSSR count). The van der Waals surface area contributed by atoms with Crippen LogP contribution in [0, 0.1) is 23.7 Å². The quantitative estimate of drug-likeness (QED) is 0.494. The Hall–Kier alpha value is -0.910. The molecular weight excluding hydrogens is 218 g/mol. The van der Waals surface area contributed by atoms with Crippen LogP contribution in [0.3, 0.4) is 0 Å². The maximum absolute atomic E-state index is 11.6. The van der Waals surface area contributed by atoms with Crippen LogP contribution in [0.4, 0.5) is 0 Å². The van der Waals surface area contributed by atoms with Crippen LogP contribution in [-0.4, -0.2) is 43.7 Å². The van der Waals surface area contributed by atoms with Gasteiger partial charge in [-0.05, 0) is 11.8 Å². The molecule has 0 radical (unpaired) electrons. The van der Waals surface area contributed by atoms with Gasteiger partial charge in [0.2, 0.25) is 11.8 Å². The fourth-order valence-electron chi connectivity index (χ4n) is 3.26. The van der Waals surface area contributed by atoms with E-state index >= 15 is 0 Å². The van der Waals surface area contributed by atoms with Crippen LogP contribution < -0.4 is 0 Å². The molecule has 1 saturated carbocycles. The van der Waals surface area contributed by atoms with Crippen molar-refractivity contribution in [1.82, 2.24) is 4.90 Å². The SMILES string of the molecule is CN1C(=O)C2C3CS(=O)(=O)CC3C2C1=O. The molecule has 1 aliphatic carbocycles. The Kier molecular flexibility index (Phi) is 1.51. The maximum atomic E-state index is 11.6. The predicted molar refractivity (Wildman–Crippen MR) is 50.4 cm³/mol. The zero-order chi connectivity index (χ0) is 11.0. The van der Waals surface area contributed by atoms with E-state index in [1.54, 1.807) is 0 Å². The van der Waals surface area contributed by atoms with Crippen molar-refractivity contribution in [2.45, 2.75) is 0 Å². The zero-order valence-corrected chi connectivity index (χ0v) is 9.03. The third-order valence-electron chi connectivity index (χ3n) is 3.98. The second-order valence-corrected chi connectivity index (χ2v) is 6.85. The van der Waals surface area contributed by atoms with Crippen LogP contribution in [0.2, 0.25) is 0 Å². The third kappa shape index (κ3) is 0.954. The van der Waals surface area contributed by atoms with Crippen LogP contribution >= 0.6 is 0 Å². The lowest BCUT2D eigenvalue weighted by Crippen LogP contribution is -2.47.